The van der Waals surface area contributed by atoms with E-state index in [0.717, 1.165) is 8.26 Å². The molecule has 0 saturated heterocycles. The molecule has 0 saturated carbocycles. The quantitative estimate of drug-likeness (QED) is 0.755. The minimum atomic E-state index is -0.201. The maximum atomic E-state index is 12.1. The molecule has 0 aliphatic carbocycles. The van der Waals surface area contributed by atoms with Crippen LogP contribution in [-0.4, -0.2) is 13.0 Å². The number of amides is 1. The molecular weight excluding hydrogens is 396 g/mol. The zero-order valence-corrected chi connectivity index (χ0v) is 13.9. The number of anilines is 2. The normalized spacial score (nSPS) is 10.3. The Hall–Kier alpha value is -1.05. The van der Waals surface area contributed by atoms with Gasteiger partial charge in [0.15, 0.2) is 0 Å². The Balaban J connectivity index is 2.19. The van der Waals surface area contributed by atoms with Crippen molar-refractivity contribution in [1.29, 1.82) is 0 Å². The Bertz CT molecular complexity index is 609. The van der Waals surface area contributed by atoms with Gasteiger partial charge < -0.3 is 15.8 Å². The summed E-state index contributed by atoms with van der Waals surface area (Å²) in [5.41, 5.74) is 6.87. The van der Waals surface area contributed by atoms with Crippen LogP contribution in [0.25, 0.3) is 0 Å². The van der Waals surface area contributed by atoms with Crippen LogP contribution < -0.4 is 15.8 Å². The van der Waals surface area contributed by atoms with Crippen LogP contribution in [0.15, 0.2) is 32.5 Å². The van der Waals surface area contributed by atoms with Gasteiger partial charge in [0.2, 0.25) is 0 Å². The van der Waals surface area contributed by atoms with E-state index in [9.17, 15) is 4.79 Å². The summed E-state index contributed by atoms with van der Waals surface area (Å²) in [5.74, 6) is 0.449. The van der Waals surface area contributed by atoms with Crippen LogP contribution in [0.4, 0.5) is 11.4 Å². The third kappa shape index (κ3) is 3.29. The van der Waals surface area contributed by atoms with Crippen molar-refractivity contribution in [2.24, 2.45) is 0 Å². The first-order valence-electron chi connectivity index (χ1n) is 5.21. The second kappa shape index (κ2) is 5.94. The fraction of sp³-hybridized carbons (Fsp3) is 0.0833. The van der Waals surface area contributed by atoms with Crippen molar-refractivity contribution in [3.05, 3.63) is 37.4 Å². The van der Waals surface area contributed by atoms with E-state index in [1.165, 1.54) is 11.3 Å². The third-order valence-corrected chi connectivity index (χ3v) is 5.63. The first kappa shape index (κ1) is 14.4. The van der Waals surface area contributed by atoms with Crippen LogP contribution in [0.2, 0.25) is 0 Å². The summed E-state index contributed by atoms with van der Waals surface area (Å²) in [6.45, 7) is 0. The summed E-state index contributed by atoms with van der Waals surface area (Å²) in [6.07, 6.45) is 0. The predicted octanol–water partition coefficient (Wildman–Crippen LogP) is 4.12. The molecule has 7 heteroatoms. The van der Waals surface area contributed by atoms with E-state index in [1.54, 1.807) is 31.4 Å². The maximum Gasteiger partial charge on any atom is 0.265 e. The second-order valence-electron chi connectivity index (χ2n) is 3.64. The number of carbonyl (C=O) groups excluding carboxylic acids is 1. The van der Waals surface area contributed by atoms with Crippen LogP contribution in [0.3, 0.4) is 0 Å². The number of ether oxygens (including phenoxy) is 1. The van der Waals surface area contributed by atoms with Gasteiger partial charge in [-0.05, 0) is 50.1 Å². The lowest BCUT2D eigenvalue weighted by molar-refractivity contribution is 0.103. The Morgan fingerprint density at radius 1 is 1.37 bits per heavy atom. The number of nitrogen functional groups attached to an aromatic ring is 1. The van der Waals surface area contributed by atoms with Crippen molar-refractivity contribution < 1.29 is 9.53 Å². The van der Waals surface area contributed by atoms with E-state index in [-0.39, 0.29) is 5.91 Å². The predicted molar refractivity (Wildman–Crippen MR) is 85.1 cm³/mol. The van der Waals surface area contributed by atoms with E-state index in [1.807, 2.05) is 0 Å². The average Bonchev–Trinajstić information content (AvgIpc) is 2.72. The van der Waals surface area contributed by atoms with Gasteiger partial charge >= 0.3 is 0 Å². The molecule has 0 unspecified atom stereocenters. The maximum absolute atomic E-state index is 12.1. The molecule has 0 aliphatic rings. The van der Waals surface area contributed by atoms with E-state index in [2.05, 4.69) is 37.2 Å². The highest BCUT2D eigenvalue weighted by molar-refractivity contribution is 9.13. The lowest BCUT2D eigenvalue weighted by Crippen LogP contribution is -2.11. The molecule has 2 rings (SSSR count). The summed E-state index contributed by atoms with van der Waals surface area (Å²) in [6, 6.07) is 6.87. The Morgan fingerprint density at radius 3 is 2.63 bits per heavy atom. The van der Waals surface area contributed by atoms with Crippen molar-refractivity contribution in [2.45, 2.75) is 0 Å². The van der Waals surface area contributed by atoms with Crippen molar-refractivity contribution in [3.63, 3.8) is 0 Å². The van der Waals surface area contributed by atoms with Crippen molar-refractivity contribution in [2.75, 3.05) is 18.2 Å². The Kier molecular flexibility index (Phi) is 4.49. The van der Waals surface area contributed by atoms with Gasteiger partial charge in [0.25, 0.3) is 5.91 Å². The molecule has 0 bridgehead atoms. The summed E-state index contributed by atoms with van der Waals surface area (Å²) in [7, 11) is 1.56. The number of nitrogens with two attached hydrogens (primary N) is 1. The van der Waals surface area contributed by atoms with Gasteiger partial charge in [0.1, 0.15) is 5.75 Å². The number of methoxy groups -OCH3 is 1. The van der Waals surface area contributed by atoms with Gasteiger partial charge in [-0.3, -0.25) is 4.79 Å². The van der Waals surface area contributed by atoms with E-state index >= 15 is 0 Å². The molecule has 4 nitrogen and oxygen atoms in total. The number of carbonyl (C=O) groups is 1. The molecule has 2 aromatic rings. The number of benzene rings is 1. The van der Waals surface area contributed by atoms with Crippen molar-refractivity contribution in [1.82, 2.24) is 0 Å². The van der Waals surface area contributed by atoms with E-state index in [4.69, 9.17) is 10.5 Å². The standard InChI is InChI=1S/C12H10Br2N2O2S/c1-18-6-2-3-9(8(15)4-6)16-12(17)10-5-7(13)11(14)19-10/h2-5H,15H2,1H3,(H,16,17). The second-order valence-corrected chi connectivity index (χ2v) is 6.86. The lowest BCUT2D eigenvalue weighted by Gasteiger charge is -2.08. The Morgan fingerprint density at radius 2 is 2.11 bits per heavy atom. The Labute approximate surface area is 131 Å². The van der Waals surface area contributed by atoms with E-state index in [0.29, 0.717) is 22.0 Å². The highest BCUT2D eigenvalue weighted by Gasteiger charge is 2.13. The van der Waals surface area contributed by atoms with Gasteiger partial charge in [-0.25, -0.2) is 0 Å². The highest BCUT2D eigenvalue weighted by atomic mass is 79.9. The van der Waals surface area contributed by atoms with Gasteiger partial charge in [-0.15, -0.1) is 11.3 Å². The van der Waals surface area contributed by atoms with Gasteiger partial charge in [-0.1, -0.05) is 0 Å². The number of nitrogens with one attached hydrogen (secondary N) is 1. The molecule has 1 amide bonds. The van der Waals surface area contributed by atoms with Crippen LogP contribution >= 0.6 is 43.2 Å². The molecule has 100 valence electrons. The third-order valence-electron chi connectivity index (χ3n) is 2.38. The largest absolute Gasteiger partial charge is 0.497 e. The molecule has 1 heterocycles. The number of hydrogen-bond acceptors (Lipinski definition) is 4. The van der Waals surface area contributed by atoms with Crippen LogP contribution in [-0.2, 0) is 0 Å². The summed E-state index contributed by atoms with van der Waals surface area (Å²) >= 11 is 8.05. The summed E-state index contributed by atoms with van der Waals surface area (Å²) < 4.78 is 6.78. The highest BCUT2D eigenvalue weighted by Crippen LogP contribution is 2.33. The van der Waals surface area contributed by atoms with Gasteiger partial charge in [0, 0.05) is 10.5 Å². The number of rotatable bonds is 3. The zero-order chi connectivity index (χ0) is 14.0. The van der Waals surface area contributed by atoms with Crippen LogP contribution in [0.1, 0.15) is 9.67 Å². The molecule has 0 radical (unpaired) electrons. The lowest BCUT2D eigenvalue weighted by atomic mass is 10.2. The monoisotopic (exact) mass is 404 g/mol. The van der Waals surface area contributed by atoms with Crippen LogP contribution in [0.5, 0.6) is 5.75 Å². The van der Waals surface area contributed by atoms with Crippen molar-refractivity contribution in [3.8, 4) is 5.75 Å². The summed E-state index contributed by atoms with van der Waals surface area (Å²) in [5, 5.41) is 2.77. The zero-order valence-electron chi connectivity index (χ0n) is 9.87. The minimum Gasteiger partial charge on any atom is -0.497 e. The average molecular weight is 406 g/mol. The molecule has 0 aliphatic heterocycles. The minimum absolute atomic E-state index is 0.201. The molecule has 0 fully saturated rings. The molecular formula is C12H10Br2N2O2S. The fourth-order valence-corrected chi connectivity index (χ4v) is 3.35. The SMILES string of the molecule is COc1ccc(NC(=O)c2cc(Br)c(Br)s2)c(N)c1. The molecule has 3 N–H and O–H groups in total. The van der Waals surface area contributed by atoms with Crippen LogP contribution in [0, 0.1) is 0 Å². The molecule has 1 aromatic heterocycles. The van der Waals surface area contributed by atoms with Crippen molar-refractivity contribution >= 4 is 60.5 Å². The summed E-state index contributed by atoms with van der Waals surface area (Å²) in [4.78, 5) is 12.6. The number of halogens is 2. The van der Waals surface area contributed by atoms with Gasteiger partial charge in [-0.2, -0.15) is 0 Å². The smallest absolute Gasteiger partial charge is 0.265 e. The molecule has 1 aromatic carbocycles. The number of thiophene rings is 1. The molecule has 0 atom stereocenters. The first-order valence-corrected chi connectivity index (χ1v) is 7.61. The topological polar surface area (TPSA) is 64.3 Å². The molecule has 0 spiro atoms. The molecule has 19 heavy (non-hydrogen) atoms. The fourth-order valence-electron chi connectivity index (χ4n) is 1.42. The first-order chi connectivity index (χ1) is 9.01. The number of hydrogen-bond donors (Lipinski definition) is 2. The van der Waals surface area contributed by atoms with Gasteiger partial charge in [0.05, 0.1) is 27.1 Å². The van der Waals surface area contributed by atoms with E-state index < -0.39 is 0 Å².